The Balaban J connectivity index is 1.21. The fourth-order valence-corrected chi connectivity index (χ4v) is 5.22. The predicted octanol–water partition coefficient (Wildman–Crippen LogP) is 3.53. The first-order chi connectivity index (χ1) is 20.0. The van der Waals surface area contributed by atoms with Gasteiger partial charge in [0.05, 0.1) is 40.8 Å². The largest absolute Gasteiger partial charge is 0.395 e. The van der Waals surface area contributed by atoms with Gasteiger partial charge in [-0.2, -0.15) is 0 Å². The van der Waals surface area contributed by atoms with Gasteiger partial charge in [0.25, 0.3) is 5.91 Å². The summed E-state index contributed by atoms with van der Waals surface area (Å²) in [6, 6.07) is 25.4. The Hall–Kier alpha value is -5.22. The number of amides is 1. The first-order valence-electron chi connectivity index (χ1n) is 13.4. The van der Waals surface area contributed by atoms with E-state index in [1.165, 1.54) is 16.3 Å². The van der Waals surface area contributed by atoms with Gasteiger partial charge in [0, 0.05) is 18.7 Å². The predicted molar refractivity (Wildman–Crippen MR) is 161 cm³/mol. The summed E-state index contributed by atoms with van der Waals surface area (Å²) in [5.41, 5.74) is 16.5. The topological polar surface area (TPSA) is 160 Å². The van der Waals surface area contributed by atoms with E-state index >= 15 is 0 Å². The van der Waals surface area contributed by atoms with Gasteiger partial charge >= 0.3 is 0 Å². The lowest BCUT2D eigenvalue weighted by Crippen LogP contribution is -2.25. The Morgan fingerprint density at radius 1 is 0.976 bits per heavy atom. The van der Waals surface area contributed by atoms with Gasteiger partial charge in [0.2, 0.25) is 0 Å². The lowest BCUT2D eigenvalue weighted by molar-refractivity contribution is 0.0954. The molecule has 206 valence electrons. The van der Waals surface area contributed by atoms with E-state index in [-0.39, 0.29) is 18.5 Å². The molecule has 1 amide bonds. The van der Waals surface area contributed by atoms with E-state index in [2.05, 4.69) is 44.5 Å². The van der Waals surface area contributed by atoms with Crippen LogP contribution >= 0.6 is 0 Å². The smallest absolute Gasteiger partial charge is 0.251 e. The molecular formula is C31H30N8O2. The van der Waals surface area contributed by atoms with Crippen LogP contribution in [0.1, 0.15) is 27.6 Å². The SMILES string of the molecule is NC(N)=Nc1ccc2nc(Cc3nc4ccc(C(=O)NCCc5cccc6ccccc56)cc4n3CCO)[nH]c2c1. The number of carbonyl (C=O) groups excluding carboxylic acids is 1. The van der Waals surface area contributed by atoms with Crippen LogP contribution in [0.3, 0.4) is 0 Å². The number of aliphatic hydroxyl groups is 1. The highest BCUT2D eigenvalue weighted by atomic mass is 16.3. The molecule has 0 fully saturated rings. The zero-order valence-electron chi connectivity index (χ0n) is 22.3. The second kappa shape index (κ2) is 11.1. The van der Waals surface area contributed by atoms with Crippen molar-refractivity contribution in [3.8, 4) is 0 Å². The number of aliphatic imine (C=N–C) groups is 1. The summed E-state index contributed by atoms with van der Waals surface area (Å²) >= 11 is 0. The van der Waals surface area contributed by atoms with Gasteiger partial charge in [-0.25, -0.2) is 15.0 Å². The van der Waals surface area contributed by atoms with Crippen LogP contribution in [-0.4, -0.2) is 49.6 Å². The second-order valence-electron chi connectivity index (χ2n) is 9.85. The maximum absolute atomic E-state index is 13.1. The molecule has 41 heavy (non-hydrogen) atoms. The molecule has 0 bridgehead atoms. The molecule has 0 radical (unpaired) electrons. The van der Waals surface area contributed by atoms with Crippen LogP contribution < -0.4 is 16.8 Å². The quantitative estimate of drug-likeness (QED) is 0.138. The minimum absolute atomic E-state index is 0.0142. The van der Waals surface area contributed by atoms with E-state index in [0.29, 0.717) is 36.6 Å². The van der Waals surface area contributed by atoms with E-state index in [4.69, 9.17) is 16.5 Å². The molecule has 6 aromatic rings. The number of hydrogen-bond acceptors (Lipinski definition) is 5. The molecule has 0 aliphatic heterocycles. The molecule has 0 aliphatic rings. The van der Waals surface area contributed by atoms with Crippen molar-refractivity contribution in [1.82, 2.24) is 24.8 Å². The number of hydrogen-bond donors (Lipinski definition) is 5. The minimum Gasteiger partial charge on any atom is -0.395 e. The molecule has 0 unspecified atom stereocenters. The molecule has 7 N–H and O–H groups in total. The summed E-state index contributed by atoms with van der Waals surface area (Å²) < 4.78 is 1.93. The molecule has 2 aromatic heterocycles. The lowest BCUT2D eigenvalue weighted by atomic mass is 10.0. The summed E-state index contributed by atoms with van der Waals surface area (Å²) in [6.07, 6.45) is 1.14. The number of H-pyrrole nitrogens is 1. The van der Waals surface area contributed by atoms with Crippen LogP contribution in [0, 0.1) is 0 Å². The number of aliphatic hydroxyl groups excluding tert-OH is 1. The molecule has 0 aliphatic carbocycles. The second-order valence-corrected chi connectivity index (χ2v) is 9.85. The van der Waals surface area contributed by atoms with Crippen molar-refractivity contribution in [2.75, 3.05) is 13.2 Å². The van der Waals surface area contributed by atoms with Crippen LogP contribution in [0.25, 0.3) is 32.8 Å². The van der Waals surface area contributed by atoms with Crippen LogP contribution in [0.4, 0.5) is 5.69 Å². The number of nitrogens with one attached hydrogen (secondary N) is 2. The Kier molecular flexibility index (Phi) is 7.05. The molecule has 10 heteroatoms. The third-order valence-corrected chi connectivity index (χ3v) is 7.07. The summed E-state index contributed by atoms with van der Waals surface area (Å²) in [7, 11) is 0. The molecular weight excluding hydrogens is 516 g/mol. The van der Waals surface area contributed by atoms with Crippen molar-refractivity contribution in [2.24, 2.45) is 16.5 Å². The highest BCUT2D eigenvalue weighted by molar-refractivity contribution is 5.97. The number of nitrogens with zero attached hydrogens (tertiary/aromatic N) is 4. The first-order valence-corrected chi connectivity index (χ1v) is 13.4. The number of fused-ring (bicyclic) bond motifs is 3. The van der Waals surface area contributed by atoms with E-state index in [9.17, 15) is 9.90 Å². The monoisotopic (exact) mass is 546 g/mol. The Morgan fingerprint density at radius 2 is 1.80 bits per heavy atom. The third kappa shape index (κ3) is 5.45. The van der Waals surface area contributed by atoms with E-state index < -0.39 is 0 Å². The van der Waals surface area contributed by atoms with Crippen molar-refractivity contribution in [3.63, 3.8) is 0 Å². The van der Waals surface area contributed by atoms with Crippen molar-refractivity contribution in [1.29, 1.82) is 0 Å². The molecule has 6 rings (SSSR count). The summed E-state index contributed by atoms with van der Waals surface area (Å²) in [6.45, 7) is 0.789. The summed E-state index contributed by atoms with van der Waals surface area (Å²) in [4.78, 5) is 29.9. The fraction of sp³-hybridized carbons (Fsp3) is 0.161. The minimum atomic E-state index is -0.153. The fourth-order valence-electron chi connectivity index (χ4n) is 5.22. The number of carbonyl (C=O) groups is 1. The van der Waals surface area contributed by atoms with Gasteiger partial charge in [-0.1, -0.05) is 42.5 Å². The van der Waals surface area contributed by atoms with Gasteiger partial charge in [-0.3, -0.25) is 4.79 Å². The standard InChI is InChI=1S/C31H30N8O2/c32-31(33)35-22-9-11-24-26(17-22)37-28(36-24)18-29-38-25-10-8-21(16-27(25)39(29)14-15-40)30(41)34-13-12-20-6-3-5-19-4-1-2-7-23(19)20/h1-11,16-17,40H,12-15,18H2,(H,34,41)(H,36,37)(H4,32,33,35). The number of rotatable bonds is 9. The third-order valence-electron chi connectivity index (χ3n) is 7.07. The zero-order valence-corrected chi connectivity index (χ0v) is 22.3. The van der Waals surface area contributed by atoms with Gasteiger partial charge < -0.3 is 31.4 Å². The molecule has 10 nitrogen and oxygen atoms in total. The maximum atomic E-state index is 13.1. The highest BCUT2D eigenvalue weighted by Crippen LogP contribution is 2.23. The molecule has 0 spiro atoms. The number of guanidine groups is 1. The Labute approximate surface area is 235 Å². The number of nitrogens with two attached hydrogens (primary N) is 2. The summed E-state index contributed by atoms with van der Waals surface area (Å²) in [5, 5.41) is 15.2. The average molecular weight is 547 g/mol. The van der Waals surface area contributed by atoms with E-state index in [1.807, 2.05) is 47.0 Å². The molecule has 0 atom stereocenters. The van der Waals surface area contributed by atoms with Crippen LogP contribution in [-0.2, 0) is 19.4 Å². The highest BCUT2D eigenvalue weighted by Gasteiger charge is 2.16. The Bertz CT molecular complexity index is 1910. The maximum Gasteiger partial charge on any atom is 0.251 e. The number of imidazole rings is 2. The van der Waals surface area contributed by atoms with Crippen molar-refractivity contribution in [2.45, 2.75) is 19.4 Å². The number of benzene rings is 4. The molecule has 0 saturated heterocycles. The van der Waals surface area contributed by atoms with Crippen LogP contribution in [0.2, 0.25) is 0 Å². The van der Waals surface area contributed by atoms with Gasteiger partial charge in [0.1, 0.15) is 11.6 Å². The summed E-state index contributed by atoms with van der Waals surface area (Å²) in [5.74, 6) is 1.27. The number of aromatic amines is 1. The van der Waals surface area contributed by atoms with Gasteiger partial charge in [0.15, 0.2) is 5.96 Å². The van der Waals surface area contributed by atoms with E-state index in [0.717, 1.165) is 34.3 Å². The number of aromatic nitrogens is 4. The van der Waals surface area contributed by atoms with Crippen molar-refractivity contribution < 1.29 is 9.90 Å². The zero-order chi connectivity index (χ0) is 28.3. The van der Waals surface area contributed by atoms with E-state index in [1.54, 1.807) is 12.1 Å². The van der Waals surface area contributed by atoms with Crippen LogP contribution in [0.15, 0.2) is 83.9 Å². The lowest BCUT2D eigenvalue weighted by Gasteiger charge is -2.09. The van der Waals surface area contributed by atoms with Gasteiger partial charge in [-0.15, -0.1) is 0 Å². The normalized spacial score (nSPS) is 11.3. The molecule has 0 saturated carbocycles. The molecule has 4 aromatic carbocycles. The van der Waals surface area contributed by atoms with Crippen molar-refractivity contribution >= 4 is 50.4 Å². The van der Waals surface area contributed by atoms with Crippen molar-refractivity contribution in [3.05, 3.63) is 102 Å². The molecule has 2 heterocycles. The van der Waals surface area contributed by atoms with Crippen LogP contribution in [0.5, 0.6) is 0 Å². The van der Waals surface area contributed by atoms with Gasteiger partial charge in [-0.05, 0) is 59.2 Å². The Morgan fingerprint density at radius 3 is 2.66 bits per heavy atom. The average Bonchev–Trinajstić information content (AvgIpc) is 3.52. The first kappa shape index (κ1) is 26.0.